The maximum absolute atomic E-state index is 13.1. The number of carbonyl (C=O) groups is 10. The van der Waals surface area contributed by atoms with Gasteiger partial charge in [-0.3, -0.25) is 43.2 Å². The number of carboxylic acids is 2. The van der Waals surface area contributed by atoms with Crippen LogP contribution >= 0.6 is 0 Å². The summed E-state index contributed by atoms with van der Waals surface area (Å²) in [4.78, 5) is 120. The van der Waals surface area contributed by atoms with Crippen LogP contribution in [0.1, 0.15) is 39.5 Å². The Kier molecular flexibility index (Phi) is 17.5. The molecule has 6 amide bonds. The smallest absolute Gasteiger partial charge is 0.328 e. The first-order chi connectivity index (χ1) is 20.5. The molecule has 0 aliphatic heterocycles. The van der Waals surface area contributed by atoms with Crippen LogP contribution in [0.25, 0.3) is 0 Å². The van der Waals surface area contributed by atoms with E-state index in [1.807, 2.05) is 5.32 Å². The predicted molar refractivity (Wildman–Crippen MR) is 146 cm³/mol. The Bertz CT molecular complexity index is 1170. The van der Waals surface area contributed by atoms with Crippen LogP contribution in [0.5, 0.6) is 0 Å². The molecule has 9 N–H and O–H groups in total. The van der Waals surface area contributed by atoms with E-state index in [9.17, 15) is 47.9 Å². The molecule has 0 saturated heterocycles. The minimum atomic E-state index is -1.72. The van der Waals surface area contributed by atoms with E-state index in [0.29, 0.717) is 12.2 Å². The summed E-state index contributed by atoms with van der Waals surface area (Å²) in [7, 11) is 1.37. The second-order valence-corrected chi connectivity index (χ2v) is 9.28. The molecule has 0 aromatic heterocycles. The molecule has 19 nitrogen and oxygen atoms in total. The van der Waals surface area contributed by atoms with E-state index in [-0.39, 0.29) is 13.2 Å². The van der Waals surface area contributed by atoms with Gasteiger partial charge in [-0.25, -0.2) is 4.79 Å². The number of hydrogen-bond acceptors (Lipinski definition) is 11. The van der Waals surface area contributed by atoms with Crippen molar-refractivity contribution in [2.24, 2.45) is 5.73 Å². The summed E-state index contributed by atoms with van der Waals surface area (Å²) < 4.78 is 4.80. The van der Waals surface area contributed by atoms with Crippen molar-refractivity contribution in [3.8, 4) is 0 Å². The van der Waals surface area contributed by atoms with E-state index in [4.69, 9.17) is 20.7 Å². The van der Waals surface area contributed by atoms with Gasteiger partial charge in [0.25, 0.3) is 0 Å². The molecule has 0 radical (unpaired) electrons. The number of carbonyl (C=O) groups excluding carboxylic acids is 8. The summed E-state index contributed by atoms with van der Waals surface area (Å²) in [6, 6.07) is -6.81. The zero-order chi connectivity index (χ0) is 34.0. The molecule has 44 heavy (non-hydrogen) atoms. The fourth-order valence-electron chi connectivity index (χ4n) is 3.33. The van der Waals surface area contributed by atoms with Gasteiger partial charge in [-0.15, -0.1) is 0 Å². The quantitative estimate of drug-likeness (QED) is 0.0441. The zero-order valence-electron chi connectivity index (χ0n) is 24.2. The normalized spacial score (nSPS) is 13.3. The fourth-order valence-corrected chi connectivity index (χ4v) is 3.33. The summed E-state index contributed by atoms with van der Waals surface area (Å²) in [5, 5.41) is 28.5. The largest absolute Gasteiger partial charge is 0.481 e. The van der Waals surface area contributed by atoms with E-state index >= 15 is 0 Å². The first-order valence-corrected chi connectivity index (χ1v) is 12.8. The average Bonchev–Trinajstić information content (AvgIpc) is 2.89. The van der Waals surface area contributed by atoms with Crippen molar-refractivity contribution in [2.45, 2.75) is 63.7 Å². The van der Waals surface area contributed by atoms with Crippen molar-refractivity contribution < 1.29 is 62.9 Å². The number of nitrogens with two attached hydrogens (primary N) is 1. The van der Waals surface area contributed by atoms with Crippen molar-refractivity contribution in [1.82, 2.24) is 26.6 Å². The molecular weight excluding hydrogens is 592 g/mol. The fraction of sp³-hybridized carbons (Fsp3) is 0.520. The predicted octanol–water partition coefficient (Wildman–Crippen LogP) is -4.36. The maximum atomic E-state index is 13.1. The van der Waals surface area contributed by atoms with E-state index < -0.39 is 109 Å². The number of rotatable bonds is 21. The van der Waals surface area contributed by atoms with Gasteiger partial charge in [-0.1, -0.05) is 0 Å². The summed E-state index contributed by atoms with van der Waals surface area (Å²) >= 11 is 0. The van der Waals surface area contributed by atoms with Crippen LogP contribution in [0, 0.1) is 0 Å². The zero-order valence-corrected chi connectivity index (χ0v) is 24.2. The highest BCUT2D eigenvalue weighted by molar-refractivity contribution is 6.01. The number of amides is 6. The number of nitrogens with one attached hydrogen (secondary N) is 5. The second-order valence-electron chi connectivity index (χ2n) is 9.28. The summed E-state index contributed by atoms with van der Waals surface area (Å²) in [6.07, 6.45) is -1.86. The number of carboxylic acid groups (broad SMARTS) is 2. The standard InChI is InChI=1S/C25H36N6O13/c1-12(32)8-15(23(41)29-14(22(26)40)11-21(38)39)30-24(42)16(9-13(2)33)31-25(43)17(10-19(35)27-6-7-44-3)28-18(34)4-5-20(36)37/h4-5,14-17H,6-11H2,1-3H3,(H2,26,40)(H,27,35)(H,28,34)(H,29,41)(H,30,42)(H,31,43)(H,36,37)(H,38,39)/b5-4+. The molecule has 19 heteroatoms. The lowest BCUT2D eigenvalue weighted by Crippen LogP contribution is -2.59. The highest BCUT2D eigenvalue weighted by Gasteiger charge is 2.33. The number of Topliss-reactive ketones (excluding diaryl/α,β-unsaturated/α-hetero) is 2. The molecule has 0 rings (SSSR count). The number of aliphatic carboxylic acids is 2. The molecule has 4 unspecified atom stereocenters. The average molecular weight is 629 g/mol. The number of methoxy groups -OCH3 is 1. The van der Waals surface area contributed by atoms with E-state index in [1.54, 1.807) is 0 Å². The van der Waals surface area contributed by atoms with E-state index in [1.165, 1.54) is 7.11 Å². The molecule has 0 saturated carbocycles. The van der Waals surface area contributed by atoms with Gasteiger partial charge in [0.2, 0.25) is 35.4 Å². The molecule has 0 aromatic carbocycles. The highest BCUT2D eigenvalue weighted by Crippen LogP contribution is 2.04. The number of primary amides is 1. The number of ketones is 2. The third kappa shape index (κ3) is 16.9. The Balaban J connectivity index is 6.05. The highest BCUT2D eigenvalue weighted by atomic mass is 16.5. The van der Waals surface area contributed by atoms with Crippen LogP contribution in [-0.2, 0) is 52.7 Å². The molecule has 0 fully saturated rings. The molecule has 4 atom stereocenters. The van der Waals surface area contributed by atoms with Crippen molar-refractivity contribution >= 4 is 58.9 Å². The first kappa shape index (κ1) is 38.8. The Morgan fingerprint density at radius 1 is 0.682 bits per heavy atom. The van der Waals surface area contributed by atoms with Crippen LogP contribution in [-0.4, -0.2) is 114 Å². The van der Waals surface area contributed by atoms with Crippen molar-refractivity contribution in [1.29, 1.82) is 0 Å². The molecule has 0 heterocycles. The van der Waals surface area contributed by atoms with Crippen molar-refractivity contribution in [3.05, 3.63) is 12.2 Å². The SMILES string of the molecule is COCCNC(=O)CC(NC(=O)/C=C/C(=O)O)C(=O)NC(CC(C)=O)C(=O)NC(CC(C)=O)C(=O)NC(CC(=O)O)C(N)=O. The second kappa shape index (κ2) is 19.8. The minimum absolute atomic E-state index is 0.0363. The molecular formula is C25H36N6O13. The van der Waals surface area contributed by atoms with Crippen molar-refractivity contribution in [2.75, 3.05) is 20.3 Å². The minimum Gasteiger partial charge on any atom is -0.481 e. The molecule has 0 aliphatic rings. The third-order valence-electron chi connectivity index (χ3n) is 5.32. The van der Waals surface area contributed by atoms with Gasteiger partial charge < -0.3 is 47.3 Å². The van der Waals surface area contributed by atoms with Crippen LogP contribution in [0.3, 0.4) is 0 Å². The van der Waals surface area contributed by atoms with Gasteiger partial charge in [0.05, 0.1) is 19.4 Å². The van der Waals surface area contributed by atoms with Crippen LogP contribution in [0.15, 0.2) is 12.2 Å². The topological polar surface area (TPSA) is 307 Å². The maximum Gasteiger partial charge on any atom is 0.328 e. The van der Waals surface area contributed by atoms with Gasteiger partial charge in [-0.2, -0.15) is 0 Å². The van der Waals surface area contributed by atoms with E-state index in [0.717, 1.165) is 13.8 Å². The van der Waals surface area contributed by atoms with Crippen LogP contribution in [0.2, 0.25) is 0 Å². The Labute approximate surface area is 250 Å². The molecule has 0 aliphatic carbocycles. The third-order valence-corrected chi connectivity index (χ3v) is 5.32. The molecule has 0 bridgehead atoms. The van der Waals surface area contributed by atoms with Crippen LogP contribution < -0.4 is 32.3 Å². The summed E-state index contributed by atoms with van der Waals surface area (Å²) in [5.41, 5.74) is 5.10. The lowest BCUT2D eigenvalue weighted by Gasteiger charge is -2.25. The Hall–Kier alpha value is -5.20. The molecule has 0 spiro atoms. The first-order valence-electron chi connectivity index (χ1n) is 12.8. The van der Waals surface area contributed by atoms with Gasteiger partial charge >= 0.3 is 11.9 Å². The summed E-state index contributed by atoms with van der Waals surface area (Å²) in [5.74, 6) is -10.8. The van der Waals surface area contributed by atoms with Gasteiger partial charge in [-0.05, 0) is 13.8 Å². The van der Waals surface area contributed by atoms with E-state index in [2.05, 4.69) is 21.3 Å². The van der Waals surface area contributed by atoms with Gasteiger partial charge in [0.15, 0.2) is 0 Å². The van der Waals surface area contributed by atoms with Crippen LogP contribution in [0.4, 0.5) is 0 Å². The Morgan fingerprint density at radius 3 is 1.52 bits per heavy atom. The number of hydrogen-bond donors (Lipinski definition) is 8. The lowest BCUT2D eigenvalue weighted by atomic mass is 10.1. The lowest BCUT2D eigenvalue weighted by molar-refractivity contribution is -0.141. The summed E-state index contributed by atoms with van der Waals surface area (Å²) in [6.45, 7) is 2.28. The molecule has 244 valence electrons. The van der Waals surface area contributed by atoms with Gasteiger partial charge in [0, 0.05) is 38.6 Å². The van der Waals surface area contributed by atoms with Gasteiger partial charge in [0.1, 0.15) is 35.7 Å². The number of ether oxygens (including phenoxy) is 1. The van der Waals surface area contributed by atoms with Crippen molar-refractivity contribution in [3.63, 3.8) is 0 Å². The molecule has 0 aromatic rings. The monoisotopic (exact) mass is 628 g/mol. The Morgan fingerprint density at radius 2 is 1.14 bits per heavy atom.